The molecular formula is C12H19N3O4. The quantitative estimate of drug-likeness (QED) is 0.697. The van der Waals surface area contributed by atoms with Gasteiger partial charge < -0.3 is 15.2 Å². The van der Waals surface area contributed by atoms with Crippen LogP contribution in [0.15, 0.2) is 0 Å². The second kappa shape index (κ2) is 6.89. The van der Waals surface area contributed by atoms with Crippen LogP contribution >= 0.6 is 0 Å². The number of nitrogens with one attached hydrogen (secondary N) is 1. The Morgan fingerprint density at radius 3 is 2.63 bits per heavy atom. The van der Waals surface area contributed by atoms with Crippen molar-refractivity contribution in [2.75, 3.05) is 20.3 Å². The van der Waals surface area contributed by atoms with Crippen LogP contribution in [-0.4, -0.2) is 47.0 Å². The van der Waals surface area contributed by atoms with Gasteiger partial charge in [0.25, 0.3) is 0 Å². The summed E-state index contributed by atoms with van der Waals surface area (Å²) in [6.45, 7) is 4.39. The molecule has 1 rings (SSSR count). The molecule has 0 aliphatic carbocycles. The average molecular weight is 269 g/mol. The number of amides is 1. The Hall–Kier alpha value is -1.89. The van der Waals surface area contributed by atoms with Gasteiger partial charge in [-0.1, -0.05) is 0 Å². The number of carboxylic acid groups (broad SMARTS) is 1. The molecule has 106 valence electrons. The van der Waals surface area contributed by atoms with Crippen molar-refractivity contribution in [2.24, 2.45) is 0 Å². The van der Waals surface area contributed by atoms with E-state index in [4.69, 9.17) is 9.84 Å². The van der Waals surface area contributed by atoms with E-state index in [1.54, 1.807) is 21.0 Å². The van der Waals surface area contributed by atoms with Crippen LogP contribution in [-0.2, 0) is 16.1 Å². The Balaban J connectivity index is 2.60. The molecule has 0 saturated carbocycles. The van der Waals surface area contributed by atoms with Crippen molar-refractivity contribution >= 4 is 11.9 Å². The van der Waals surface area contributed by atoms with E-state index in [0.29, 0.717) is 24.5 Å². The summed E-state index contributed by atoms with van der Waals surface area (Å²) in [5.41, 5.74) is 1.06. The van der Waals surface area contributed by atoms with Gasteiger partial charge in [0.1, 0.15) is 12.1 Å². The Kier molecular flexibility index (Phi) is 5.50. The number of ether oxygens (including phenoxy) is 1. The van der Waals surface area contributed by atoms with Crippen LogP contribution in [0, 0.1) is 13.8 Å². The minimum atomic E-state index is -1.03. The number of carboxylic acids is 1. The van der Waals surface area contributed by atoms with Crippen LogP contribution in [0.3, 0.4) is 0 Å². The van der Waals surface area contributed by atoms with Gasteiger partial charge in [-0.2, -0.15) is 5.10 Å². The number of aromatic carboxylic acids is 1. The molecule has 7 heteroatoms. The summed E-state index contributed by atoms with van der Waals surface area (Å²) in [6, 6.07) is 0. The monoisotopic (exact) mass is 269 g/mol. The summed E-state index contributed by atoms with van der Waals surface area (Å²) in [7, 11) is 1.60. The molecule has 1 aromatic rings. The van der Waals surface area contributed by atoms with Gasteiger partial charge in [-0.05, 0) is 20.3 Å². The zero-order valence-electron chi connectivity index (χ0n) is 11.4. The number of carbonyl (C=O) groups excluding carboxylic acids is 1. The molecule has 2 N–H and O–H groups in total. The molecule has 0 unspecified atom stereocenters. The van der Waals surface area contributed by atoms with Gasteiger partial charge in [-0.15, -0.1) is 0 Å². The summed E-state index contributed by atoms with van der Waals surface area (Å²) >= 11 is 0. The lowest BCUT2D eigenvalue weighted by Gasteiger charge is -2.06. The van der Waals surface area contributed by atoms with Crippen molar-refractivity contribution in [1.82, 2.24) is 15.1 Å². The lowest BCUT2D eigenvalue weighted by Crippen LogP contribution is -2.29. The maximum atomic E-state index is 11.7. The topological polar surface area (TPSA) is 93.5 Å². The lowest BCUT2D eigenvalue weighted by atomic mass is 10.2. The zero-order chi connectivity index (χ0) is 14.4. The number of carbonyl (C=O) groups is 2. The van der Waals surface area contributed by atoms with Crippen molar-refractivity contribution in [3.05, 3.63) is 17.0 Å². The van der Waals surface area contributed by atoms with Gasteiger partial charge in [-0.3, -0.25) is 9.48 Å². The predicted octanol–water partition coefficient (Wildman–Crippen LogP) is 0.351. The van der Waals surface area contributed by atoms with Crippen LogP contribution in [0.4, 0.5) is 0 Å². The molecule has 0 spiro atoms. The third-order valence-electron chi connectivity index (χ3n) is 2.74. The van der Waals surface area contributed by atoms with Gasteiger partial charge in [-0.25, -0.2) is 4.79 Å². The predicted molar refractivity (Wildman–Crippen MR) is 68.2 cm³/mol. The number of hydrogen-bond acceptors (Lipinski definition) is 4. The van der Waals surface area contributed by atoms with E-state index in [-0.39, 0.29) is 18.0 Å². The summed E-state index contributed by atoms with van der Waals surface area (Å²) in [6.07, 6.45) is 0.736. The fraction of sp³-hybridized carbons (Fsp3) is 0.583. The zero-order valence-corrected chi connectivity index (χ0v) is 11.4. The summed E-state index contributed by atoms with van der Waals surface area (Å²) < 4.78 is 6.28. The van der Waals surface area contributed by atoms with Crippen LogP contribution in [0.2, 0.25) is 0 Å². The van der Waals surface area contributed by atoms with Crippen molar-refractivity contribution in [2.45, 2.75) is 26.8 Å². The van der Waals surface area contributed by atoms with Crippen LogP contribution < -0.4 is 5.32 Å². The SMILES string of the molecule is COCCCNC(=O)Cn1nc(C)c(C(=O)O)c1C. The number of aryl methyl sites for hydroxylation is 1. The van der Waals surface area contributed by atoms with E-state index < -0.39 is 5.97 Å². The molecule has 0 aliphatic heterocycles. The molecule has 1 heterocycles. The number of hydrogen-bond donors (Lipinski definition) is 2. The van der Waals surface area contributed by atoms with Crippen molar-refractivity contribution < 1.29 is 19.4 Å². The second-order valence-electron chi connectivity index (χ2n) is 4.20. The molecule has 0 radical (unpaired) electrons. The molecule has 0 aliphatic rings. The summed E-state index contributed by atoms with van der Waals surface area (Å²) in [5, 5.41) is 15.8. The number of aromatic nitrogens is 2. The molecule has 1 amide bonds. The van der Waals surface area contributed by atoms with Crippen molar-refractivity contribution in [3.63, 3.8) is 0 Å². The molecule has 0 atom stereocenters. The standard InChI is InChI=1S/C12H19N3O4/c1-8-11(12(17)18)9(2)15(14-8)7-10(16)13-5-4-6-19-3/h4-7H2,1-3H3,(H,13,16)(H,17,18). The number of methoxy groups -OCH3 is 1. The normalized spacial score (nSPS) is 10.5. The van der Waals surface area contributed by atoms with Gasteiger partial charge >= 0.3 is 5.97 Å². The third kappa shape index (κ3) is 4.06. The third-order valence-corrected chi connectivity index (χ3v) is 2.74. The number of nitrogens with zero attached hydrogens (tertiary/aromatic N) is 2. The first-order valence-corrected chi connectivity index (χ1v) is 6.00. The maximum Gasteiger partial charge on any atom is 0.339 e. The van der Waals surface area contributed by atoms with E-state index in [2.05, 4.69) is 10.4 Å². The maximum absolute atomic E-state index is 11.7. The van der Waals surface area contributed by atoms with Gasteiger partial charge in [0.15, 0.2) is 0 Å². The first-order chi connectivity index (χ1) is 8.97. The molecule has 0 aromatic carbocycles. The Morgan fingerprint density at radius 1 is 1.42 bits per heavy atom. The van der Waals surface area contributed by atoms with E-state index in [1.807, 2.05) is 0 Å². The lowest BCUT2D eigenvalue weighted by molar-refractivity contribution is -0.121. The molecule has 19 heavy (non-hydrogen) atoms. The number of rotatable bonds is 7. The largest absolute Gasteiger partial charge is 0.478 e. The fourth-order valence-corrected chi connectivity index (χ4v) is 1.80. The highest BCUT2D eigenvalue weighted by Gasteiger charge is 2.18. The Bertz CT molecular complexity index is 468. The van der Waals surface area contributed by atoms with Crippen molar-refractivity contribution in [1.29, 1.82) is 0 Å². The van der Waals surface area contributed by atoms with E-state index >= 15 is 0 Å². The second-order valence-corrected chi connectivity index (χ2v) is 4.20. The molecule has 7 nitrogen and oxygen atoms in total. The van der Waals surface area contributed by atoms with Crippen LogP contribution in [0.5, 0.6) is 0 Å². The first kappa shape index (κ1) is 15.2. The molecule has 1 aromatic heterocycles. The highest BCUT2D eigenvalue weighted by molar-refractivity contribution is 5.90. The fourth-order valence-electron chi connectivity index (χ4n) is 1.80. The van der Waals surface area contributed by atoms with E-state index in [1.165, 1.54) is 4.68 Å². The smallest absolute Gasteiger partial charge is 0.339 e. The van der Waals surface area contributed by atoms with Gasteiger partial charge in [0.05, 0.1) is 11.4 Å². The van der Waals surface area contributed by atoms with Crippen LogP contribution in [0.25, 0.3) is 0 Å². The molecular weight excluding hydrogens is 250 g/mol. The minimum absolute atomic E-state index is 0.0208. The van der Waals surface area contributed by atoms with E-state index in [0.717, 1.165) is 6.42 Å². The highest BCUT2D eigenvalue weighted by Crippen LogP contribution is 2.12. The Morgan fingerprint density at radius 2 is 2.11 bits per heavy atom. The average Bonchev–Trinajstić information content (AvgIpc) is 2.60. The van der Waals surface area contributed by atoms with Crippen molar-refractivity contribution in [3.8, 4) is 0 Å². The first-order valence-electron chi connectivity index (χ1n) is 6.00. The summed E-state index contributed by atoms with van der Waals surface area (Å²) in [4.78, 5) is 22.7. The summed E-state index contributed by atoms with van der Waals surface area (Å²) in [5.74, 6) is -1.22. The Labute approximate surface area is 111 Å². The highest BCUT2D eigenvalue weighted by atomic mass is 16.5. The van der Waals surface area contributed by atoms with Gasteiger partial charge in [0, 0.05) is 20.3 Å². The minimum Gasteiger partial charge on any atom is -0.478 e. The van der Waals surface area contributed by atoms with E-state index in [9.17, 15) is 9.59 Å². The van der Waals surface area contributed by atoms with Gasteiger partial charge in [0.2, 0.25) is 5.91 Å². The molecule has 0 bridgehead atoms. The molecule has 0 fully saturated rings. The van der Waals surface area contributed by atoms with Crippen LogP contribution in [0.1, 0.15) is 28.2 Å². The molecule has 0 saturated heterocycles.